The Balaban J connectivity index is 1.75. The van der Waals surface area contributed by atoms with Crippen molar-refractivity contribution in [3.8, 4) is 16.9 Å². The maximum Gasteiger partial charge on any atom is 0.573 e. The number of nitrogens with zero attached hydrogens (tertiary/aromatic N) is 1. The summed E-state index contributed by atoms with van der Waals surface area (Å²) in [7, 11) is 0. The van der Waals surface area contributed by atoms with Gasteiger partial charge < -0.3 is 19.5 Å². The van der Waals surface area contributed by atoms with Gasteiger partial charge in [-0.2, -0.15) is 13.2 Å². The van der Waals surface area contributed by atoms with Crippen molar-refractivity contribution in [1.29, 1.82) is 0 Å². The van der Waals surface area contributed by atoms with Crippen LogP contribution < -0.4 is 9.64 Å². The summed E-state index contributed by atoms with van der Waals surface area (Å²) in [6.07, 6.45) is -8.91. The summed E-state index contributed by atoms with van der Waals surface area (Å²) in [6, 6.07) is 6.08. The van der Waals surface area contributed by atoms with Gasteiger partial charge in [0, 0.05) is 17.5 Å². The third-order valence-corrected chi connectivity index (χ3v) is 5.82. The molecule has 4 nitrogen and oxygen atoms in total. The molecule has 4 rings (SSSR count). The Morgan fingerprint density at radius 2 is 1.75 bits per heavy atom. The summed E-state index contributed by atoms with van der Waals surface area (Å²) in [5.74, 6) is -3.02. The molecule has 1 heterocycles. The van der Waals surface area contributed by atoms with Crippen molar-refractivity contribution < 1.29 is 49.7 Å². The van der Waals surface area contributed by atoms with Gasteiger partial charge in [-0.25, -0.2) is 8.78 Å². The largest absolute Gasteiger partial charge is 0.573 e. The van der Waals surface area contributed by atoms with E-state index in [0.29, 0.717) is 6.07 Å². The number of rotatable bonds is 5. The van der Waals surface area contributed by atoms with Crippen molar-refractivity contribution in [3.05, 3.63) is 72.0 Å². The van der Waals surface area contributed by atoms with Gasteiger partial charge in [-0.3, -0.25) is 0 Å². The van der Waals surface area contributed by atoms with Crippen LogP contribution in [0.4, 0.5) is 40.8 Å². The molecule has 194 valence electrons. The van der Waals surface area contributed by atoms with Crippen LogP contribution in [0.1, 0.15) is 6.42 Å². The number of aliphatic hydroxyl groups excluding tert-OH is 1. The number of hydrogen-bond acceptors (Lipinski definition) is 4. The van der Waals surface area contributed by atoms with Crippen LogP contribution in [0.2, 0.25) is 0 Å². The highest BCUT2D eigenvalue weighted by molar-refractivity contribution is 5.80. The van der Waals surface area contributed by atoms with Crippen molar-refractivity contribution >= 4 is 5.69 Å². The number of hydrogen-bond donors (Lipinski definition) is 1. The summed E-state index contributed by atoms with van der Waals surface area (Å²) in [5.41, 5.74) is 0.342. The quantitative estimate of drug-likeness (QED) is 0.482. The van der Waals surface area contributed by atoms with Gasteiger partial charge in [0.25, 0.3) is 0 Å². The Labute approximate surface area is 200 Å². The van der Waals surface area contributed by atoms with E-state index in [0.717, 1.165) is 24.3 Å². The fraction of sp³-hybridized carbons (Fsp3) is 0.333. The molecule has 0 fully saturated rings. The number of alkyl halides is 6. The molecule has 12 heteroatoms. The molecule has 1 aliphatic heterocycles. The van der Waals surface area contributed by atoms with Crippen LogP contribution >= 0.6 is 0 Å². The summed E-state index contributed by atoms with van der Waals surface area (Å²) < 4.78 is 115. The van der Waals surface area contributed by atoms with E-state index in [2.05, 4.69) is 4.74 Å². The average Bonchev–Trinajstić information content (AvgIpc) is 2.76. The van der Waals surface area contributed by atoms with Crippen LogP contribution in [-0.2, 0) is 4.74 Å². The predicted molar refractivity (Wildman–Crippen MR) is 113 cm³/mol. The smallest absolute Gasteiger partial charge is 0.489 e. The van der Waals surface area contributed by atoms with Crippen molar-refractivity contribution in [2.45, 2.75) is 31.1 Å². The Bertz CT molecular complexity index is 1150. The molecule has 0 bridgehead atoms. The molecule has 0 spiro atoms. The number of benzene rings is 2. The number of aliphatic hydroxyl groups is 1. The molecule has 2 unspecified atom stereocenters. The maximum atomic E-state index is 13.8. The molecule has 1 aliphatic carbocycles. The second kappa shape index (κ2) is 9.64. The lowest BCUT2D eigenvalue weighted by atomic mass is 9.89. The number of ether oxygens (including phenoxy) is 2. The first-order chi connectivity index (χ1) is 16.8. The highest BCUT2D eigenvalue weighted by atomic mass is 19.4. The van der Waals surface area contributed by atoms with E-state index in [1.807, 2.05) is 0 Å². The molecule has 0 saturated heterocycles. The number of anilines is 1. The SMILES string of the molecule is OC(CN1c2cccc(-c3cc(F)cc(F)c3)c2OC[C@@H]1C1C=C(OC(F)(F)F)C=CC1)C(F)(F)F. The number of β-amino-alcohol motifs (C(OH)–C–C–N with tert-alkyl or cyclic N) is 1. The Morgan fingerprint density at radius 3 is 2.39 bits per heavy atom. The third kappa shape index (κ3) is 5.75. The first kappa shape index (κ1) is 25.8. The number of fused-ring (bicyclic) bond motifs is 1. The Morgan fingerprint density at radius 1 is 1.06 bits per heavy atom. The lowest BCUT2D eigenvalue weighted by molar-refractivity contribution is -0.303. The highest BCUT2D eigenvalue weighted by Gasteiger charge is 2.43. The van der Waals surface area contributed by atoms with Crippen LogP contribution in [0.3, 0.4) is 0 Å². The molecule has 0 saturated carbocycles. The molecule has 3 atom stereocenters. The minimum absolute atomic E-state index is 0.0234. The van der Waals surface area contributed by atoms with Crippen molar-refractivity contribution in [2.75, 3.05) is 18.1 Å². The fourth-order valence-corrected chi connectivity index (χ4v) is 4.30. The normalized spacial score (nSPS) is 20.9. The van der Waals surface area contributed by atoms with E-state index in [1.165, 1.54) is 29.2 Å². The summed E-state index contributed by atoms with van der Waals surface area (Å²) in [4.78, 5) is 1.20. The van der Waals surface area contributed by atoms with Crippen molar-refractivity contribution in [3.63, 3.8) is 0 Å². The molecule has 0 aromatic heterocycles. The Kier molecular flexibility index (Phi) is 6.91. The summed E-state index contributed by atoms with van der Waals surface area (Å²) >= 11 is 0. The monoisotopic (exact) mass is 521 g/mol. The van der Waals surface area contributed by atoms with E-state index < -0.39 is 54.5 Å². The van der Waals surface area contributed by atoms with Crippen LogP contribution in [0, 0.1) is 17.6 Å². The van der Waals surface area contributed by atoms with Crippen molar-refractivity contribution in [2.24, 2.45) is 5.92 Å². The molecular formula is C24H19F8NO3. The zero-order chi connectivity index (χ0) is 26.3. The zero-order valence-electron chi connectivity index (χ0n) is 18.3. The van der Waals surface area contributed by atoms with Gasteiger partial charge in [0.1, 0.15) is 24.0 Å². The first-order valence-electron chi connectivity index (χ1n) is 10.7. The van der Waals surface area contributed by atoms with Gasteiger partial charge in [0.2, 0.25) is 0 Å². The van der Waals surface area contributed by atoms with Gasteiger partial charge in [-0.05, 0) is 42.3 Å². The average molecular weight is 521 g/mol. The molecule has 0 radical (unpaired) electrons. The van der Waals surface area contributed by atoms with Crippen molar-refractivity contribution in [1.82, 2.24) is 0 Å². The molecule has 36 heavy (non-hydrogen) atoms. The van der Waals surface area contributed by atoms with E-state index >= 15 is 0 Å². The van der Waals surface area contributed by atoms with Crippen LogP contribution in [0.25, 0.3) is 11.1 Å². The van der Waals surface area contributed by atoms with E-state index in [9.17, 15) is 40.2 Å². The predicted octanol–water partition coefficient (Wildman–Crippen LogP) is 6.12. The molecule has 0 amide bonds. The number of allylic oxidation sites excluding steroid dienone is 2. The third-order valence-electron chi connectivity index (χ3n) is 5.82. The minimum Gasteiger partial charge on any atom is -0.489 e. The lowest BCUT2D eigenvalue weighted by Crippen LogP contribution is -2.52. The van der Waals surface area contributed by atoms with Gasteiger partial charge in [0.15, 0.2) is 11.9 Å². The topological polar surface area (TPSA) is 41.9 Å². The lowest BCUT2D eigenvalue weighted by Gasteiger charge is -2.43. The second-order valence-corrected chi connectivity index (χ2v) is 8.32. The van der Waals surface area contributed by atoms with Gasteiger partial charge in [-0.1, -0.05) is 18.2 Å². The zero-order valence-corrected chi connectivity index (χ0v) is 18.3. The number of para-hydroxylation sites is 1. The first-order valence-corrected chi connectivity index (χ1v) is 10.7. The number of halogens is 8. The van der Waals surface area contributed by atoms with Crippen LogP contribution in [-0.4, -0.2) is 42.9 Å². The minimum atomic E-state index is -4.97. The molecule has 2 aliphatic rings. The maximum absolute atomic E-state index is 13.8. The van der Waals surface area contributed by atoms with Crippen LogP contribution in [0.5, 0.6) is 5.75 Å². The van der Waals surface area contributed by atoms with E-state index in [-0.39, 0.29) is 35.6 Å². The summed E-state index contributed by atoms with van der Waals surface area (Å²) in [5, 5.41) is 9.83. The van der Waals surface area contributed by atoms with Gasteiger partial charge in [-0.15, -0.1) is 13.2 Å². The molecule has 1 N–H and O–H groups in total. The van der Waals surface area contributed by atoms with E-state index in [1.54, 1.807) is 0 Å². The molecular weight excluding hydrogens is 502 g/mol. The highest BCUT2D eigenvalue weighted by Crippen LogP contribution is 2.45. The summed E-state index contributed by atoms with van der Waals surface area (Å²) in [6.45, 7) is -1.23. The van der Waals surface area contributed by atoms with Crippen LogP contribution in [0.15, 0.2) is 60.4 Å². The van der Waals surface area contributed by atoms with E-state index in [4.69, 9.17) is 4.74 Å². The van der Waals surface area contributed by atoms with Gasteiger partial charge in [0.05, 0.1) is 18.3 Å². The van der Waals surface area contributed by atoms with Gasteiger partial charge >= 0.3 is 12.5 Å². The molecule has 2 aromatic rings. The Hall–Kier alpha value is -3.28. The standard InChI is InChI=1S/C24H19F8NO3/c25-15-7-14(8-16(26)10-15)18-5-2-6-19-22(18)35-12-20(33(19)11-21(34)23(27,28)29)13-3-1-4-17(9-13)36-24(30,31)32/h1-2,4-10,13,20-21,34H,3,11-12H2/t13?,20-,21?/m1/s1. The molecule has 2 aromatic carbocycles. The second-order valence-electron chi connectivity index (χ2n) is 8.32. The fourth-order valence-electron chi connectivity index (χ4n) is 4.30.